The van der Waals surface area contributed by atoms with E-state index in [1.807, 2.05) is 0 Å². The second-order valence-corrected chi connectivity index (χ2v) is 7.25. The molecule has 1 amide bonds. The fourth-order valence-corrected chi connectivity index (χ4v) is 3.38. The summed E-state index contributed by atoms with van der Waals surface area (Å²) >= 11 is 0. The third-order valence-corrected chi connectivity index (χ3v) is 5.36. The number of rotatable bonds is 5. The van der Waals surface area contributed by atoms with E-state index in [4.69, 9.17) is 5.73 Å². The Balaban J connectivity index is 0.00000264. The quantitative estimate of drug-likeness (QED) is 0.831. The molecule has 0 saturated heterocycles. The Morgan fingerprint density at radius 2 is 1.87 bits per heavy atom. The number of nitrogens with two attached hydrogens (primary N) is 1. The van der Waals surface area contributed by atoms with Crippen molar-refractivity contribution in [2.24, 2.45) is 11.7 Å². The average molecular weight is 369 g/mol. The van der Waals surface area contributed by atoms with Gasteiger partial charge in [0.25, 0.3) is 5.91 Å². The molecular formula is C14H19ClF2N2O3S. The number of carbonyl (C=O) groups is 1. The summed E-state index contributed by atoms with van der Waals surface area (Å²) in [6, 6.07) is 4.51. The van der Waals surface area contributed by atoms with Crippen molar-refractivity contribution in [1.29, 1.82) is 0 Å². The Hall–Kier alpha value is -1.25. The fraction of sp³-hybridized carbons (Fsp3) is 0.500. The molecule has 0 radical (unpaired) electrons. The van der Waals surface area contributed by atoms with Gasteiger partial charge in [0.2, 0.25) is 9.84 Å². The van der Waals surface area contributed by atoms with Gasteiger partial charge in [0, 0.05) is 11.6 Å². The molecule has 0 spiro atoms. The van der Waals surface area contributed by atoms with Crippen LogP contribution in [-0.4, -0.2) is 32.7 Å². The molecule has 2 atom stereocenters. The maximum absolute atomic E-state index is 12.4. The van der Waals surface area contributed by atoms with Gasteiger partial charge in [-0.05, 0) is 49.6 Å². The minimum absolute atomic E-state index is 0. The van der Waals surface area contributed by atoms with E-state index < -0.39 is 20.5 Å². The molecule has 1 aliphatic carbocycles. The average Bonchev–Trinajstić information content (AvgIpc) is 2.94. The zero-order valence-electron chi connectivity index (χ0n) is 12.2. The largest absolute Gasteiger partial charge is 0.349 e. The Morgan fingerprint density at radius 1 is 1.26 bits per heavy atom. The van der Waals surface area contributed by atoms with E-state index in [9.17, 15) is 22.0 Å². The van der Waals surface area contributed by atoms with Gasteiger partial charge in [0.05, 0.1) is 4.90 Å². The first-order chi connectivity index (χ1) is 10.4. The van der Waals surface area contributed by atoms with Crippen molar-refractivity contribution in [3.05, 3.63) is 29.8 Å². The molecule has 130 valence electrons. The van der Waals surface area contributed by atoms with Gasteiger partial charge in [0.1, 0.15) is 0 Å². The highest BCUT2D eigenvalue weighted by atomic mass is 35.5. The van der Waals surface area contributed by atoms with Crippen LogP contribution in [0.3, 0.4) is 0 Å². The van der Waals surface area contributed by atoms with Gasteiger partial charge in [-0.3, -0.25) is 4.79 Å². The first kappa shape index (κ1) is 19.8. The molecule has 1 aromatic rings. The minimum atomic E-state index is -4.64. The molecule has 1 aliphatic rings. The van der Waals surface area contributed by atoms with Crippen molar-refractivity contribution in [3.63, 3.8) is 0 Å². The van der Waals surface area contributed by atoms with E-state index in [1.165, 1.54) is 12.1 Å². The number of sulfone groups is 1. The highest BCUT2D eigenvalue weighted by Gasteiger charge is 2.29. The van der Waals surface area contributed by atoms with Gasteiger partial charge in [-0.1, -0.05) is 6.42 Å². The number of amides is 1. The van der Waals surface area contributed by atoms with Gasteiger partial charge in [-0.25, -0.2) is 8.42 Å². The van der Waals surface area contributed by atoms with E-state index in [0.717, 1.165) is 31.4 Å². The number of hydrogen-bond donors (Lipinski definition) is 2. The Kier molecular flexibility index (Phi) is 6.91. The maximum atomic E-state index is 12.4. The highest BCUT2D eigenvalue weighted by molar-refractivity contribution is 7.91. The monoisotopic (exact) mass is 368 g/mol. The van der Waals surface area contributed by atoms with Gasteiger partial charge in [-0.15, -0.1) is 12.4 Å². The summed E-state index contributed by atoms with van der Waals surface area (Å²) in [7, 11) is -4.64. The molecule has 1 saturated carbocycles. The number of hydrogen-bond acceptors (Lipinski definition) is 4. The van der Waals surface area contributed by atoms with Crippen molar-refractivity contribution in [2.45, 2.75) is 36.0 Å². The lowest BCUT2D eigenvalue weighted by atomic mass is 10.0. The summed E-state index contributed by atoms with van der Waals surface area (Å²) in [5, 5.41) is 2.86. The molecule has 9 heteroatoms. The predicted molar refractivity (Wildman–Crippen MR) is 84.5 cm³/mol. The van der Waals surface area contributed by atoms with Crippen LogP contribution in [-0.2, 0) is 9.84 Å². The molecule has 0 aliphatic heterocycles. The summed E-state index contributed by atoms with van der Waals surface area (Å²) in [6.45, 7) is 0.497. The number of halogens is 3. The van der Waals surface area contributed by atoms with E-state index in [-0.39, 0.29) is 35.8 Å². The molecule has 5 nitrogen and oxygen atoms in total. The van der Waals surface area contributed by atoms with Crippen LogP contribution in [0.15, 0.2) is 29.2 Å². The zero-order valence-corrected chi connectivity index (χ0v) is 13.9. The number of benzene rings is 1. The van der Waals surface area contributed by atoms with Crippen LogP contribution in [0.25, 0.3) is 0 Å². The molecule has 1 aromatic carbocycles. The van der Waals surface area contributed by atoms with Gasteiger partial charge in [-0.2, -0.15) is 8.78 Å². The Morgan fingerprint density at radius 3 is 2.39 bits per heavy atom. The third-order valence-electron chi connectivity index (χ3n) is 3.96. The Labute approximate surface area is 140 Å². The second-order valence-electron chi connectivity index (χ2n) is 5.34. The summed E-state index contributed by atoms with van der Waals surface area (Å²) in [5.74, 6) is -3.59. The number of alkyl halides is 2. The molecule has 1 fully saturated rings. The third kappa shape index (κ3) is 4.39. The van der Waals surface area contributed by atoms with Crippen LogP contribution >= 0.6 is 12.4 Å². The van der Waals surface area contributed by atoms with Crippen LogP contribution in [0.2, 0.25) is 0 Å². The summed E-state index contributed by atoms with van der Waals surface area (Å²) in [5.41, 5.74) is 5.88. The lowest BCUT2D eigenvalue weighted by Gasteiger charge is -2.19. The molecule has 0 bridgehead atoms. The van der Waals surface area contributed by atoms with Gasteiger partial charge >= 0.3 is 5.76 Å². The van der Waals surface area contributed by atoms with Crippen LogP contribution in [0.4, 0.5) is 8.78 Å². The van der Waals surface area contributed by atoms with Crippen LogP contribution in [0.5, 0.6) is 0 Å². The molecule has 0 heterocycles. The lowest BCUT2D eigenvalue weighted by molar-refractivity contribution is 0.0928. The maximum Gasteiger partial charge on any atom is 0.341 e. The highest BCUT2D eigenvalue weighted by Crippen LogP contribution is 2.25. The predicted octanol–water partition coefficient (Wildman–Crippen LogP) is 1.96. The van der Waals surface area contributed by atoms with Crippen LogP contribution in [0.1, 0.15) is 29.6 Å². The summed E-state index contributed by atoms with van der Waals surface area (Å²) < 4.78 is 47.5. The smallest absolute Gasteiger partial charge is 0.341 e. The second kappa shape index (κ2) is 8.03. The lowest BCUT2D eigenvalue weighted by Crippen LogP contribution is -2.39. The fourth-order valence-electron chi connectivity index (χ4n) is 2.66. The van der Waals surface area contributed by atoms with E-state index in [1.54, 1.807) is 0 Å². The SMILES string of the molecule is Cl.NCC1CCCC1NC(=O)c1ccc(S(=O)(=O)C(F)F)cc1. The van der Waals surface area contributed by atoms with Gasteiger partial charge in [0.15, 0.2) is 0 Å². The molecule has 0 aromatic heterocycles. The van der Waals surface area contributed by atoms with E-state index in [2.05, 4.69) is 5.32 Å². The normalized spacial score (nSPS) is 21.0. The molecule has 3 N–H and O–H groups in total. The van der Waals surface area contributed by atoms with Crippen LogP contribution < -0.4 is 11.1 Å². The molecule has 2 rings (SSSR count). The summed E-state index contributed by atoms with van der Waals surface area (Å²) in [6.07, 6.45) is 2.82. The first-order valence-corrected chi connectivity index (χ1v) is 8.54. The molecule has 23 heavy (non-hydrogen) atoms. The van der Waals surface area contributed by atoms with Gasteiger partial charge < -0.3 is 11.1 Å². The zero-order chi connectivity index (χ0) is 16.3. The van der Waals surface area contributed by atoms with Crippen molar-refractivity contribution >= 4 is 28.2 Å². The standard InChI is InChI=1S/C14H18F2N2O3S.ClH/c15-14(16)22(20,21)11-6-4-9(5-7-11)13(19)18-12-3-1-2-10(12)8-17;/h4-7,10,12,14H,1-3,8,17H2,(H,18,19);1H. The number of carbonyl (C=O) groups excluding carboxylic acids is 1. The molecule has 2 unspecified atom stereocenters. The van der Waals surface area contributed by atoms with Crippen molar-refractivity contribution in [2.75, 3.05) is 6.54 Å². The summed E-state index contributed by atoms with van der Waals surface area (Å²) in [4.78, 5) is 11.6. The van der Waals surface area contributed by atoms with Crippen molar-refractivity contribution in [1.82, 2.24) is 5.32 Å². The van der Waals surface area contributed by atoms with Crippen LogP contribution in [0, 0.1) is 5.92 Å². The van der Waals surface area contributed by atoms with Crippen molar-refractivity contribution in [3.8, 4) is 0 Å². The minimum Gasteiger partial charge on any atom is -0.349 e. The molecular weight excluding hydrogens is 350 g/mol. The Bertz CT molecular complexity index is 638. The topological polar surface area (TPSA) is 89.3 Å². The van der Waals surface area contributed by atoms with Crippen molar-refractivity contribution < 1.29 is 22.0 Å². The van der Waals surface area contributed by atoms with E-state index >= 15 is 0 Å². The van der Waals surface area contributed by atoms with E-state index in [0.29, 0.717) is 6.54 Å². The number of nitrogens with one attached hydrogen (secondary N) is 1. The first-order valence-electron chi connectivity index (χ1n) is 6.99.